The van der Waals surface area contributed by atoms with Crippen LogP contribution in [0.5, 0.6) is 11.5 Å². The lowest BCUT2D eigenvalue weighted by Crippen LogP contribution is -2.34. The van der Waals surface area contributed by atoms with Gasteiger partial charge < -0.3 is 29.6 Å². The first-order chi connectivity index (χ1) is 12.2. The number of methoxy groups -OCH3 is 1. The summed E-state index contributed by atoms with van der Waals surface area (Å²) in [6.07, 6.45) is 1.20. The summed E-state index contributed by atoms with van der Waals surface area (Å²) in [4.78, 5) is 11.7. The Hall–Kier alpha value is -2.51. The van der Waals surface area contributed by atoms with Crippen LogP contribution in [0, 0.1) is 0 Å². The monoisotopic (exact) mass is 348 g/mol. The molecular weight excluding hydrogens is 324 g/mol. The smallest absolute Gasteiger partial charge is 0.221 e. The summed E-state index contributed by atoms with van der Waals surface area (Å²) in [6, 6.07) is 10.8. The molecule has 7 nitrogen and oxygen atoms in total. The minimum absolute atomic E-state index is 0.0799. The quantitative estimate of drug-likeness (QED) is 0.531. The van der Waals surface area contributed by atoms with Crippen LogP contribution in [0.4, 0.5) is 0 Å². The molecule has 1 unspecified atom stereocenters. The number of ether oxygens (including phenoxy) is 2. The molecule has 0 spiro atoms. The lowest BCUT2D eigenvalue weighted by molar-refractivity contribution is -0.121. The molecule has 0 bridgehead atoms. The van der Waals surface area contributed by atoms with E-state index in [2.05, 4.69) is 10.6 Å². The fraction of sp³-hybridized carbons (Fsp3) is 0.389. The molecule has 0 aliphatic rings. The van der Waals surface area contributed by atoms with E-state index >= 15 is 0 Å². The molecule has 25 heavy (non-hydrogen) atoms. The summed E-state index contributed by atoms with van der Waals surface area (Å²) in [5.74, 6) is 1.84. The van der Waals surface area contributed by atoms with Gasteiger partial charge in [0, 0.05) is 19.5 Å². The highest BCUT2D eigenvalue weighted by Gasteiger charge is 2.08. The summed E-state index contributed by atoms with van der Waals surface area (Å²) < 4.78 is 15.9. The molecule has 1 aromatic carbocycles. The maximum Gasteiger partial charge on any atom is 0.221 e. The fourth-order valence-corrected chi connectivity index (χ4v) is 2.14. The van der Waals surface area contributed by atoms with Gasteiger partial charge >= 0.3 is 0 Å². The van der Waals surface area contributed by atoms with E-state index in [1.165, 1.54) is 0 Å². The third-order valence-corrected chi connectivity index (χ3v) is 3.45. The Morgan fingerprint density at radius 1 is 1.24 bits per heavy atom. The second-order valence-electron chi connectivity index (χ2n) is 5.43. The molecule has 2 rings (SSSR count). The van der Waals surface area contributed by atoms with Crippen LogP contribution in [0.15, 0.2) is 47.1 Å². The van der Waals surface area contributed by atoms with Crippen molar-refractivity contribution < 1.29 is 23.8 Å². The Bertz CT molecular complexity index is 630. The average Bonchev–Trinajstić information content (AvgIpc) is 3.15. The number of para-hydroxylation sites is 2. The normalized spacial score (nSPS) is 11.8. The number of benzene rings is 1. The number of furan rings is 1. The van der Waals surface area contributed by atoms with Crippen molar-refractivity contribution in [3.8, 4) is 11.5 Å². The third kappa shape index (κ3) is 6.86. The molecule has 0 saturated heterocycles. The van der Waals surface area contributed by atoms with E-state index in [4.69, 9.17) is 13.9 Å². The first-order valence-electron chi connectivity index (χ1n) is 8.12. The lowest BCUT2D eigenvalue weighted by Gasteiger charge is -2.15. The Morgan fingerprint density at radius 3 is 2.76 bits per heavy atom. The Balaban J connectivity index is 1.56. The van der Waals surface area contributed by atoms with Crippen LogP contribution in [0.1, 0.15) is 12.2 Å². The number of nitrogens with one attached hydrogen (secondary N) is 2. The molecule has 0 fully saturated rings. The van der Waals surface area contributed by atoms with E-state index in [1.807, 2.05) is 12.1 Å². The van der Waals surface area contributed by atoms with Crippen LogP contribution in [-0.2, 0) is 11.3 Å². The lowest BCUT2D eigenvalue weighted by atomic mass is 10.3. The maximum atomic E-state index is 11.7. The predicted molar refractivity (Wildman–Crippen MR) is 92.5 cm³/mol. The molecule has 0 aliphatic heterocycles. The minimum Gasteiger partial charge on any atom is -0.493 e. The number of rotatable bonds is 11. The molecule has 3 N–H and O–H groups in total. The van der Waals surface area contributed by atoms with Crippen molar-refractivity contribution in [3.05, 3.63) is 48.4 Å². The van der Waals surface area contributed by atoms with Crippen molar-refractivity contribution in [3.63, 3.8) is 0 Å². The highest BCUT2D eigenvalue weighted by molar-refractivity contribution is 5.75. The van der Waals surface area contributed by atoms with Crippen LogP contribution in [0.3, 0.4) is 0 Å². The van der Waals surface area contributed by atoms with E-state index in [9.17, 15) is 9.90 Å². The maximum absolute atomic E-state index is 11.7. The Morgan fingerprint density at radius 2 is 2.04 bits per heavy atom. The number of amides is 1. The second kappa shape index (κ2) is 10.4. The number of aliphatic hydroxyl groups excluding tert-OH is 1. The van der Waals surface area contributed by atoms with Crippen LogP contribution >= 0.6 is 0 Å². The van der Waals surface area contributed by atoms with E-state index in [1.54, 1.807) is 37.6 Å². The summed E-state index contributed by atoms with van der Waals surface area (Å²) in [5, 5.41) is 15.7. The van der Waals surface area contributed by atoms with E-state index < -0.39 is 6.10 Å². The molecule has 136 valence electrons. The highest BCUT2D eigenvalue weighted by Crippen LogP contribution is 2.25. The number of hydrogen-bond donors (Lipinski definition) is 3. The summed E-state index contributed by atoms with van der Waals surface area (Å²) in [7, 11) is 1.57. The number of aliphatic hydroxyl groups is 1. The minimum atomic E-state index is -0.684. The van der Waals surface area contributed by atoms with Crippen molar-refractivity contribution in [1.82, 2.24) is 10.6 Å². The number of carbonyl (C=O) groups excluding carboxylic acids is 1. The zero-order valence-corrected chi connectivity index (χ0v) is 14.2. The standard InChI is InChI=1S/C18H24N2O5/c1-23-16-6-2-3-7-17(16)25-13-14(21)11-19-9-8-18(22)20-12-15-5-4-10-24-15/h2-7,10,14,19,21H,8-9,11-13H2,1H3,(H,20,22). The Labute approximate surface area is 146 Å². The van der Waals surface area contributed by atoms with Gasteiger partial charge in [0.25, 0.3) is 0 Å². The molecule has 2 aromatic rings. The molecule has 1 heterocycles. The zero-order valence-electron chi connectivity index (χ0n) is 14.2. The first-order valence-corrected chi connectivity index (χ1v) is 8.12. The van der Waals surface area contributed by atoms with Gasteiger partial charge in [-0.2, -0.15) is 0 Å². The number of carbonyl (C=O) groups is 1. The molecule has 0 radical (unpaired) electrons. The van der Waals surface area contributed by atoms with Gasteiger partial charge in [0.2, 0.25) is 5.91 Å². The van der Waals surface area contributed by atoms with E-state index in [-0.39, 0.29) is 12.5 Å². The van der Waals surface area contributed by atoms with Gasteiger partial charge in [0.05, 0.1) is 19.9 Å². The third-order valence-electron chi connectivity index (χ3n) is 3.45. The van der Waals surface area contributed by atoms with Crippen molar-refractivity contribution in [1.29, 1.82) is 0 Å². The van der Waals surface area contributed by atoms with Gasteiger partial charge in [-0.05, 0) is 24.3 Å². The van der Waals surface area contributed by atoms with Crippen LogP contribution in [0.25, 0.3) is 0 Å². The number of hydrogen-bond acceptors (Lipinski definition) is 6. The first kappa shape index (κ1) is 18.8. The summed E-state index contributed by atoms with van der Waals surface area (Å²) in [6.45, 7) is 1.32. The van der Waals surface area contributed by atoms with Crippen LogP contribution < -0.4 is 20.1 Å². The largest absolute Gasteiger partial charge is 0.493 e. The van der Waals surface area contributed by atoms with Crippen molar-refractivity contribution in [2.75, 3.05) is 26.8 Å². The zero-order chi connectivity index (χ0) is 17.9. The molecule has 0 aliphatic carbocycles. The molecule has 7 heteroatoms. The molecule has 0 saturated carbocycles. The van der Waals surface area contributed by atoms with Gasteiger partial charge in [-0.1, -0.05) is 12.1 Å². The van der Waals surface area contributed by atoms with Crippen molar-refractivity contribution in [2.45, 2.75) is 19.1 Å². The highest BCUT2D eigenvalue weighted by atomic mass is 16.5. The van der Waals surface area contributed by atoms with Gasteiger partial charge in [-0.3, -0.25) is 4.79 Å². The molecule has 1 aromatic heterocycles. The van der Waals surface area contributed by atoms with Gasteiger partial charge in [0.15, 0.2) is 11.5 Å². The molecule has 1 amide bonds. The topological polar surface area (TPSA) is 93.0 Å². The summed E-state index contributed by atoms with van der Waals surface area (Å²) in [5.41, 5.74) is 0. The van der Waals surface area contributed by atoms with Gasteiger partial charge in [-0.15, -0.1) is 0 Å². The van der Waals surface area contributed by atoms with Crippen molar-refractivity contribution >= 4 is 5.91 Å². The predicted octanol–water partition coefficient (Wildman–Crippen LogP) is 1.32. The van der Waals surface area contributed by atoms with Crippen LogP contribution in [0.2, 0.25) is 0 Å². The average molecular weight is 348 g/mol. The van der Waals surface area contributed by atoms with E-state index in [0.717, 1.165) is 0 Å². The fourth-order valence-electron chi connectivity index (χ4n) is 2.14. The second-order valence-corrected chi connectivity index (χ2v) is 5.43. The van der Waals surface area contributed by atoms with Gasteiger partial charge in [0.1, 0.15) is 18.5 Å². The van der Waals surface area contributed by atoms with Gasteiger partial charge in [-0.25, -0.2) is 0 Å². The Kier molecular flexibility index (Phi) is 7.81. The van der Waals surface area contributed by atoms with E-state index in [0.29, 0.717) is 43.3 Å². The molecule has 1 atom stereocenters. The molecular formula is C18H24N2O5. The SMILES string of the molecule is COc1ccccc1OCC(O)CNCCC(=O)NCc1ccco1. The van der Waals surface area contributed by atoms with Crippen molar-refractivity contribution in [2.24, 2.45) is 0 Å². The van der Waals surface area contributed by atoms with Crippen LogP contribution in [-0.4, -0.2) is 43.9 Å². The summed E-state index contributed by atoms with van der Waals surface area (Å²) >= 11 is 0.